The van der Waals surface area contributed by atoms with Gasteiger partial charge in [-0.05, 0) is 30.3 Å². The lowest BCUT2D eigenvalue weighted by molar-refractivity contribution is -0.143. The van der Waals surface area contributed by atoms with Crippen LogP contribution in [0.1, 0.15) is 16.1 Å². The number of carbonyl (C=O) groups excluding carboxylic acids is 1. The highest BCUT2D eigenvalue weighted by Crippen LogP contribution is 2.42. The predicted octanol–water partition coefficient (Wildman–Crippen LogP) is 4.07. The third-order valence-corrected chi connectivity index (χ3v) is 6.34. The molecule has 0 saturated carbocycles. The number of carbonyl (C=O) groups is 2. The fourth-order valence-corrected chi connectivity index (χ4v) is 4.35. The highest BCUT2D eigenvalue weighted by atomic mass is 35.5. The molecule has 0 unspecified atom stereocenters. The summed E-state index contributed by atoms with van der Waals surface area (Å²) in [6.45, 7) is 0.0322. The average molecular weight is 523 g/mol. The minimum absolute atomic E-state index is 0.0243. The van der Waals surface area contributed by atoms with E-state index in [-0.39, 0.29) is 37.0 Å². The molecule has 0 radical (unpaired) electrons. The number of carboxylic acids is 1. The Kier molecular flexibility index (Phi) is 5.70. The van der Waals surface area contributed by atoms with Crippen LogP contribution in [0.15, 0.2) is 42.5 Å². The van der Waals surface area contributed by atoms with Gasteiger partial charge in [-0.2, -0.15) is 18.3 Å². The van der Waals surface area contributed by atoms with Crippen molar-refractivity contribution in [2.45, 2.75) is 6.18 Å². The van der Waals surface area contributed by atoms with E-state index in [9.17, 15) is 22.8 Å². The van der Waals surface area contributed by atoms with Crippen molar-refractivity contribution in [3.05, 3.63) is 58.7 Å². The zero-order valence-electron chi connectivity index (χ0n) is 18.6. The van der Waals surface area contributed by atoms with Gasteiger partial charge in [-0.1, -0.05) is 17.7 Å². The second-order valence-corrected chi connectivity index (χ2v) is 8.67. The van der Waals surface area contributed by atoms with Gasteiger partial charge in [0.05, 0.1) is 11.6 Å². The molecule has 9 nitrogen and oxygen atoms in total. The van der Waals surface area contributed by atoms with Crippen LogP contribution in [0.2, 0.25) is 5.02 Å². The standard InChI is InChI=1S/C23H18ClF3N4O5/c1-29(14-5-6-16-17(8-14)36-11-35-16)21(32)12-3-2-4-15(7-12)31-20(30-9-13(10-30)22(33)34)18(24)19(28-31)23(25,26)27/h2-8,13H,9-11H2,1H3,(H,33,34). The van der Waals surface area contributed by atoms with Crippen LogP contribution in [0.3, 0.4) is 0 Å². The summed E-state index contributed by atoms with van der Waals surface area (Å²) in [4.78, 5) is 27.2. The molecule has 3 heterocycles. The third kappa shape index (κ3) is 4.06. The molecule has 2 aliphatic rings. The number of benzene rings is 2. The van der Waals surface area contributed by atoms with Gasteiger partial charge in [0.1, 0.15) is 5.02 Å². The van der Waals surface area contributed by atoms with E-state index in [1.807, 2.05) is 0 Å². The molecule has 5 rings (SSSR count). The average Bonchev–Trinajstić information content (AvgIpc) is 3.41. The Labute approximate surface area is 207 Å². The number of amides is 1. The first-order valence-electron chi connectivity index (χ1n) is 10.7. The number of aromatic nitrogens is 2. The van der Waals surface area contributed by atoms with E-state index >= 15 is 0 Å². The molecule has 1 aromatic heterocycles. The number of ether oxygens (including phenoxy) is 2. The zero-order chi connectivity index (χ0) is 25.8. The van der Waals surface area contributed by atoms with E-state index in [0.717, 1.165) is 4.68 Å². The molecular weight excluding hydrogens is 505 g/mol. The normalized spacial score (nSPS) is 15.1. The van der Waals surface area contributed by atoms with Crippen molar-refractivity contribution in [3.63, 3.8) is 0 Å². The first-order valence-corrected chi connectivity index (χ1v) is 11.0. The van der Waals surface area contributed by atoms with E-state index in [1.54, 1.807) is 25.2 Å². The van der Waals surface area contributed by atoms with Crippen molar-refractivity contribution in [2.75, 3.05) is 36.7 Å². The Morgan fingerprint density at radius 2 is 1.86 bits per heavy atom. The number of halogens is 4. The highest BCUT2D eigenvalue weighted by Gasteiger charge is 2.43. The Morgan fingerprint density at radius 1 is 1.14 bits per heavy atom. The second-order valence-electron chi connectivity index (χ2n) is 8.29. The summed E-state index contributed by atoms with van der Waals surface area (Å²) in [6, 6.07) is 10.9. The number of rotatable bonds is 5. The van der Waals surface area contributed by atoms with Crippen LogP contribution in [0, 0.1) is 5.92 Å². The number of carboxylic acid groups (broad SMARTS) is 1. The number of nitrogens with zero attached hydrogens (tertiary/aromatic N) is 4. The van der Waals surface area contributed by atoms with Gasteiger partial charge < -0.3 is 24.4 Å². The van der Waals surface area contributed by atoms with Crippen LogP contribution in [0.4, 0.5) is 24.7 Å². The molecular formula is C23H18ClF3N4O5. The maximum Gasteiger partial charge on any atom is 0.436 e. The molecule has 0 spiro atoms. The predicted molar refractivity (Wildman–Crippen MR) is 122 cm³/mol. The van der Waals surface area contributed by atoms with Crippen LogP contribution in [-0.4, -0.2) is 53.7 Å². The molecule has 188 valence electrons. The maximum absolute atomic E-state index is 13.6. The van der Waals surface area contributed by atoms with Crippen LogP contribution < -0.4 is 19.3 Å². The molecule has 36 heavy (non-hydrogen) atoms. The molecule has 2 aromatic carbocycles. The monoisotopic (exact) mass is 522 g/mol. The van der Waals surface area contributed by atoms with Crippen molar-refractivity contribution in [1.82, 2.24) is 9.78 Å². The van der Waals surface area contributed by atoms with Crippen LogP contribution in [0.25, 0.3) is 5.69 Å². The van der Waals surface area contributed by atoms with E-state index in [4.69, 9.17) is 26.2 Å². The van der Waals surface area contributed by atoms with Crippen LogP contribution in [-0.2, 0) is 11.0 Å². The largest absolute Gasteiger partial charge is 0.481 e. The first kappa shape index (κ1) is 23.8. The summed E-state index contributed by atoms with van der Waals surface area (Å²) < 4.78 is 52.4. The Morgan fingerprint density at radius 3 is 2.56 bits per heavy atom. The number of fused-ring (bicyclic) bond motifs is 1. The zero-order valence-corrected chi connectivity index (χ0v) is 19.4. The molecule has 1 N–H and O–H groups in total. The maximum atomic E-state index is 13.6. The van der Waals surface area contributed by atoms with Gasteiger partial charge in [0.15, 0.2) is 23.0 Å². The summed E-state index contributed by atoms with van der Waals surface area (Å²) in [7, 11) is 1.55. The number of anilines is 2. The Hall–Kier alpha value is -3.93. The van der Waals surface area contributed by atoms with E-state index in [0.29, 0.717) is 17.2 Å². The first-order chi connectivity index (χ1) is 17.0. The quantitative estimate of drug-likeness (QED) is 0.539. The van der Waals surface area contributed by atoms with Crippen molar-refractivity contribution in [1.29, 1.82) is 0 Å². The molecule has 0 bridgehead atoms. The van der Waals surface area contributed by atoms with Crippen LogP contribution >= 0.6 is 11.6 Å². The van der Waals surface area contributed by atoms with Gasteiger partial charge in [-0.3, -0.25) is 9.59 Å². The fourth-order valence-electron chi connectivity index (χ4n) is 4.01. The molecule has 0 aliphatic carbocycles. The smallest absolute Gasteiger partial charge is 0.436 e. The minimum atomic E-state index is -4.83. The van der Waals surface area contributed by atoms with Gasteiger partial charge in [-0.15, -0.1) is 0 Å². The Bertz CT molecular complexity index is 1370. The van der Waals surface area contributed by atoms with E-state index in [2.05, 4.69) is 5.10 Å². The van der Waals surface area contributed by atoms with Gasteiger partial charge in [0, 0.05) is 37.5 Å². The lowest BCUT2D eigenvalue weighted by Crippen LogP contribution is -2.51. The fraction of sp³-hybridized carbons (Fsp3) is 0.261. The highest BCUT2D eigenvalue weighted by molar-refractivity contribution is 6.34. The van der Waals surface area contributed by atoms with Crippen molar-refractivity contribution in [3.8, 4) is 17.2 Å². The molecule has 0 atom stereocenters. The topological polar surface area (TPSA) is 97.1 Å². The van der Waals surface area contributed by atoms with Gasteiger partial charge >= 0.3 is 12.1 Å². The molecule has 1 amide bonds. The lowest BCUT2D eigenvalue weighted by Gasteiger charge is -2.38. The SMILES string of the molecule is CN(C(=O)c1cccc(-n2nc(C(F)(F)F)c(Cl)c2N2CC(C(=O)O)C2)c1)c1ccc2c(c1)OCO2. The van der Waals surface area contributed by atoms with Crippen molar-refractivity contribution < 1.29 is 37.3 Å². The molecule has 3 aromatic rings. The number of alkyl halides is 3. The summed E-state index contributed by atoms with van der Waals surface area (Å²) in [5.41, 5.74) is -0.429. The van der Waals surface area contributed by atoms with Gasteiger partial charge in [-0.25, -0.2) is 4.68 Å². The second kappa shape index (κ2) is 8.63. The van der Waals surface area contributed by atoms with E-state index in [1.165, 1.54) is 34.1 Å². The number of hydrogen-bond acceptors (Lipinski definition) is 6. The molecule has 1 saturated heterocycles. The lowest BCUT2D eigenvalue weighted by atomic mass is 10.0. The third-order valence-electron chi connectivity index (χ3n) is 5.99. The molecule has 1 fully saturated rings. The summed E-state index contributed by atoms with van der Waals surface area (Å²) in [6.07, 6.45) is -4.83. The summed E-state index contributed by atoms with van der Waals surface area (Å²) in [5, 5.41) is 12.2. The minimum Gasteiger partial charge on any atom is -0.481 e. The number of hydrogen-bond donors (Lipinski definition) is 1. The summed E-state index contributed by atoms with van der Waals surface area (Å²) >= 11 is 6.09. The Balaban J connectivity index is 1.49. The van der Waals surface area contributed by atoms with Gasteiger partial charge in [0.25, 0.3) is 5.91 Å². The van der Waals surface area contributed by atoms with Crippen molar-refractivity contribution in [2.24, 2.45) is 5.92 Å². The summed E-state index contributed by atoms with van der Waals surface area (Å²) in [5.74, 6) is -1.26. The van der Waals surface area contributed by atoms with E-state index < -0.39 is 34.7 Å². The number of aliphatic carboxylic acids is 1. The van der Waals surface area contributed by atoms with Gasteiger partial charge in [0.2, 0.25) is 6.79 Å². The molecule has 13 heteroatoms. The van der Waals surface area contributed by atoms with Crippen LogP contribution in [0.5, 0.6) is 11.5 Å². The molecule has 2 aliphatic heterocycles. The van der Waals surface area contributed by atoms with Crippen molar-refractivity contribution >= 4 is 35.0 Å².